The van der Waals surface area contributed by atoms with E-state index in [4.69, 9.17) is 5.11 Å². The van der Waals surface area contributed by atoms with E-state index in [1.165, 1.54) is 0 Å². The average molecular weight is 426 g/mol. The van der Waals surface area contributed by atoms with Crippen molar-refractivity contribution >= 4 is 40.3 Å². The summed E-state index contributed by atoms with van der Waals surface area (Å²) >= 11 is 0. The molecule has 0 bridgehead atoms. The zero-order chi connectivity index (χ0) is 22.2. The third-order valence-corrected chi connectivity index (χ3v) is 5.19. The summed E-state index contributed by atoms with van der Waals surface area (Å²) in [5.41, 5.74) is 1.74. The van der Waals surface area contributed by atoms with E-state index in [0.717, 1.165) is 36.9 Å². The standard InChI is InChI=1S/C22H26N4O5/c27-18-11-10-17(22(31)26-18)25-21(30)15-8-9-16(14-6-5-13-24-20(14)15)23-12-4-2-1-3-7-19(28)29/h5-6,8-9,13,17,23H,1-4,7,10-12H2,(H,25,30)(H,28,29)(H,26,27,31). The molecule has 1 aromatic carbocycles. The monoisotopic (exact) mass is 426 g/mol. The van der Waals surface area contributed by atoms with Crippen molar-refractivity contribution in [1.29, 1.82) is 0 Å². The van der Waals surface area contributed by atoms with Gasteiger partial charge in [-0.25, -0.2) is 0 Å². The fourth-order valence-electron chi connectivity index (χ4n) is 3.56. The Labute approximate surface area is 179 Å². The maximum atomic E-state index is 12.8. The number of fused-ring (bicyclic) bond motifs is 1. The van der Waals surface area contributed by atoms with Crippen LogP contribution in [0, 0.1) is 0 Å². The highest BCUT2D eigenvalue weighted by Gasteiger charge is 2.28. The van der Waals surface area contributed by atoms with Gasteiger partial charge in [-0.2, -0.15) is 0 Å². The number of unbranched alkanes of at least 4 members (excludes halogenated alkanes) is 3. The van der Waals surface area contributed by atoms with Crippen LogP contribution in [0.4, 0.5) is 5.69 Å². The molecule has 2 heterocycles. The fourth-order valence-corrected chi connectivity index (χ4v) is 3.56. The number of pyridine rings is 1. The van der Waals surface area contributed by atoms with E-state index in [9.17, 15) is 19.2 Å². The van der Waals surface area contributed by atoms with Crippen molar-refractivity contribution in [3.8, 4) is 0 Å². The number of aromatic nitrogens is 1. The van der Waals surface area contributed by atoms with Crippen molar-refractivity contribution in [1.82, 2.24) is 15.6 Å². The molecule has 1 unspecified atom stereocenters. The Balaban J connectivity index is 1.63. The van der Waals surface area contributed by atoms with Gasteiger partial charge in [0.05, 0.1) is 11.1 Å². The maximum Gasteiger partial charge on any atom is 0.303 e. The normalized spacial score (nSPS) is 16.1. The summed E-state index contributed by atoms with van der Waals surface area (Å²) in [6.45, 7) is 0.721. The van der Waals surface area contributed by atoms with Crippen molar-refractivity contribution in [3.05, 3.63) is 36.0 Å². The number of carbonyl (C=O) groups excluding carboxylic acids is 3. The lowest BCUT2D eigenvalue weighted by Crippen LogP contribution is -2.52. The van der Waals surface area contributed by atoms with Gasteiger partial charge in [0.2, 0.25) is 11.8 Å². The van der Waals surface area contributed by atoms with Crippen LogP contribution in [0.1, 0.15) is 55.3 Å². The van der Waals surface area contributed by atoms with Gasteiger partial charge in [0.15, 0.2) is 0 Å². The third-order valence-electron chi connectivity index (χ3n) is 5.19. The second-order valence-electron chi connectivity index (χ2n) is 7.52. The third kappa shape index (κ3) is 6.00. The quantitative estimate of drug-likeness (QED) is 0.338. The molecule has 1 saturated heterocycles. The van der Waals surface area contributed by atoms with Gasteiger partial charge in [-0.3, -0.25) is 29.5 Å². The summed E-state index contributed by atoms with van der Waals surface area (Å²) in [6.07, 6.45) is 5.66. The molecule has 1 aliphatic rings. The summed E-state index contributed by atoms with van der Waals surface area (Å²) in [5, 5.41) is 17.7. The molecule has 2 aromatic rings. The predicted octanol–water partition coefficient (Wildman–Crippen LogP) is 2.22. The number of carboxylic acids is 1. The van der Waals surface area contributed by atoms with Gasteiger partial charge in [-0.15, -0.1) is 0 Å². The maximum absolute atomic E-state index is 12.8. The second-order valence-corrected chi connectivity index (χ2v) is 7.52. The Bertz CT molecular complexity index is 991. The summed E-state index contributed by atoms with van der Waals surface area (Å²) in [4.78, 5) is 50.9. The minimum atomic E-state index is -0.765. The number of rotatable bonds is 10. The molecule has 0 spiro atoms. The zero-order valence-electron chi connectivity index (χ0n) is 17.1. The Morgan fingerprint density at radius 3 is 2.71 bits per heavy atom. The number of imide groups is 1. The van der Waals surface area contributed by atoms with E-state index < -0.39 is 23.8 Å². The Morgan fingerprint density at radius 1 is 1.13 bits per heavy atom. The van der Waals surface area contributed by atoms with E-state index in [0.29, 0.717) is 17.5 Å². The van der Waals surface area contributed by atoms with Gasteiger partial charge >= 0.3 is 5.97 Å². The number of piperidine rings is 1. The first-order valence-electron chi connectivity index (χ1n) is 10.4. The molecule has 9 nitrogen and oxygen atoms in total. The molecule has 31 heavy (non-hydrogen) atoms. The van der Waals surface area contributed by atoms with E-state index >= 15 is 0 Å². The van der Waals surface area contributed by atoms with E-state index in [1.54, 1.807) is 18.3 Å². The van der Waals surface area contributed by atoms with Gasteiger partial charge in [0.25, 0.3) is 5.91 Å². The molecule has 0 radical (unpaired) electrons. The number of hydrogen-bond acceptors (Lipinski definition) is 6. The molecule has 0 saturated carbocycles. The van der Waals surface area contributed by atoms with Crippen molar-refractivity contribution in [2.45, 2.75) is 51.0 Å². The Kier molecular flexibility index (Phi) is 7.53. The van der Waals surface area contributed by atoms with E-state index in [-0.39, 0.29) is 25.2 Å². The van der Waals surface area contributed by atoms with E-state index in [2.05, 4.69) is 20.9 Å². The molecule has 0 aliphatic carbocycles. The highest BCUT2D eigenvalue weighted by Crippen LogP contribution is 2.25. The molecule has 3 rings (SSSR count). The lowest BCUT2D eigenvalue weighted by molar-refractivity contribution is -0.137. The lowest BCUT2D eigenvalue weighted by Gasteiger charge is -2.22. The number of carbonyl (C=O) groups is 4. The van der Waals surface area contributed by atoms with Crippen LogP contribution >= 0.6 is 0 Å². The number of nitrogens with zero attached hydrogens (tertiary/aromatic N) is 1. The van der Waals surface area contributed by atoms with Crippen LogP contribution in [0.25, 0.3) is 10.9 Å². The molecular formula is C22H26N4O5. The second kappa shape index (κ2) is 10.5. The molecule has 3 amide bonds. The first-order chi connectivity index (χ1) is 15.0. The summed E-state index contributed by atoms with van der Waals surface area (Å²) in [7, 11) is 0. The SMILES string of the molecule is O=C(O)CCCCCCNc1ccc(C(=O)NC2CCC(=O)NC2=O)c2ncccc12. The van der Waals surface area contributed by atoms with E-state index in [1.807, 2.05) is 12.1 Å². The van der Waals surface area contributed by atoms with Gasteiger partial charge < -0.3 is 15.7 Å². The van der Waals surface area contributed by atoms with Crippen LogP contribution in [0.3, 0.4) is 0 Å². The number of benzene rings is 1. The topological polar surface area (TPSA) is 137 Å². The number of aliphatic carboxylic acids is 1. The molecule has 1 fully saturated rings. The number of anilines is 1. The predicted molar refractivity (Wildman–Crippen MR) is 115 cm³/mol. The number of amides is 3. The summed E-state index contributed by atoms with van der Waals surface area (Å²) in [5.74, 6) is -2.01. The van der Waals surface area contributed by atoms with Crippen molar-refractivity contribution in [3.63, 3.8) is 0 Å². The molecule has 9 heteroatoms. The molecule has 1 atom stereocenters. The molecule has 4 N–H and O–H groups in total. The van der Waals surface area contributed by atoms with Gasteiger partial charge in [-0.1, -0.05) is 12.8 Å². The Morgan fingerprint density at radius 2 is 1.94 bits per heavy atom. The lowest BCUT2D eigenvalue weighted by atomic mass is 10.0. The van der Waals surface area contributed by atoms with Crippen LogP contribution in [0.2, 0.25) is 0 Å². The van der Waals surface area contributed by atoms with Crippen molar-refractivity contribution in [2.24, 2.45) is 0 Å². The van der Waals surface area contributed by atoms with Gasteiger partial charge in [-0.05, 0) is 43.5 Å². The van der Waals surface area contributed by atoms with Gasteiger partial charge in [0.1, 0.15) is 6.04 Å². The van der Waals surface area contributed by atoms with Crippen LogP contribution < -0.4 is 16.0 Å². The first-order valence-corrected chi connectivity index (χ1v) is 10.4. The Hall–Kier alpha value is -3.49. The fraction of sp³-hybridized carbons (Fsp3) is 0.409. The van der Waals surface area contributed by atoms with Crippen molar-refractivity contribution < 1.29 is 24.3 Å². The highest BCUT2D eigenvalue weighted by atomic mass is 16.4. The molecule has 1 aliphatic heterocycles. The molecule has 164 valence electrons. The first kappa shape index (κ1) is 22.2. The van der Waals surface area contributed by atoms with Crippen molar-refractivity contribution in [2.75, 3.05) is 11.9 Å². The largest absolute Gasteiger partial charge is 0.481 e. The molecule has 1 aromatic heterocycles. The zero-order valence-corrected chi connectivity index (χ0v) is 17.1. The summed E-state index contributed by atoms with van der Waals surface area (Å²) in [6, 6.07) is 6.41. The van der Waals surface area contributed by atoms with Gasteiger partial charge in [0, 0.05) is 36.7 Å². The average Bonchev–Trinajstić information content (AvgIpc) is 2.74. The van der Waals surface area contributed by atoms with Crippen LogP contribution in [0.15, 0.2) is 30.5 Å². The molecular weight excluding hydrogens is 400 g/mol. The summed E-state index contributed by atoms with van der Waals surface area (Å²) < 4.78 is 0. The number of carboxylic acid groups (broad SMARTS) is 1. The minimum Gasteiger partial charge on any atom is -0.481 e. The van der Waals surface area contributed by atoms with Crippen LogP contribution in [0.5, 0.6) is 0 Å². The minimum absolute atomic E-state index is 0.189. The highest BCUT2D eigenvalue weighted by molar-refractivity contribution is 6.10. The number of hydrogen-bond donors (Lipinski definition) is 4. The smallest absolute Gasteiger partial charge is 0.303 e. The van der Waals surface area contributed by atoms with Crippen LogP contribution in [-0.4, -0.2) is 46.4 Å². The van der Waals surface area contributed by atoms with Crippen LogP contribution in [-0.2, 0) is 14.4 Å². The number of nitrogens with one attached hydrogen (secondary N) is 3.